The molecule has 1 saturated heterocycles. The zero-order valence-corrected chi connectivity index (χ0v) is 16.9. The van der Waals surface area contributed by atoms with Gasteiger partial charge in [-0.3, -0.25) is 24.6 Å². The predicted molar refractivity (Wildman–Crippen MR) is 116 cm³/mol. The normalized spacial score (nSPS) is 17.0. The number of hydrogen-bond acceptors (Lipinski definition) is 5. The number of piperazine rings is 1. The van der Waals surface area contributed by atoms with Crippen LogP contribution in [-0.4, -0.2) is 51.9 Å². The Bertz CT molecular complexity index is 1030. The number of amides is 1. The van der Waals surface area contributed by atoms with Crippen LogP contribution in [0.2, 0.25) is 0 Å². The van der Waals surface area contributed by atoms with E-state index in [0.29, 0.717) is 6.54 Å². The molecule has 1 N–H and O–H groups in total. The van der Waals surface area contributed by atoms with Crippen molar-refractivity contribution in [2.45, 2.75) is 19.6 Å². The number of carbonyl (C=O) groups is 1. The van der Waals surface area contributed by atoms with E-state index in [2.05, 4.69) is 49.4 Å². The summed E-state index contributed by atoms with van der Waals surface area (Å²) in [5.41, 5.74) is 6.56. The first-order valence-corrected chi connectivity index (χ1v) is 10.4. The summed E-state index contributed by atoms with van der Waals surface area (Å²) >= 11 is 0. The van der Waals surface area contributed by atoms with Crippen molar-refractivity contribution in [3.8, 4) is 11.3 Å². The number of fused-ring (bicyclic) bond motifs is 1. The van der Waals surface area contributed by atoms with Crippen LogP contribution in [0.3, 0.4) is 0 Å². The summed E-state index contributed by atoms with van der Waals surface area (Å²) in [4.78, 5) is 25.4. The van der Waals surface area contributed by atoms with Gasteiger partial charge in [0.05, 0.1) is 5.69 Å². The van der Waals surface area contributed by atoms with Crippen LogP contribution in [0.15, 0.2) is 61.1 Å². The van der Waals surface area contributed by atoms with Gasteiger partial charge in [-0.2, -0.15) is 0 Å². The molecule has 3 aromatic rings. The summed E-state index contributed by atoms with van der Waals surface area (Å²) in [6.07, 6.45) is 5.58. The molecule has 30 heavy (non-hydrogen) atoms. The number of benzene rings is 1. The van der Waals surface area contributed by atoms with E-state index in [4.69, 9.17) is 0 Å². The lowest BCUT2D eigenvalue weighted by atomic mass is 10.1. The molecule has 2 aliphatic rings. The van der Waals surface area contributed by atoms with Gasteiger partial charge in [-0.05, 0) is 41.0 Å². The first-order chi connectivity index (χ1) is 14.7. The van der Waals surface area contributed by atoms with Crippen LogP contribution in [0.1, 0.15) is 27.0 Å². The SMILES string of the molecule is O=C1NCc2cc(CN3CCN(Cc4ccc(-c5ccncc5)nc4)CC3)ccc21. The average molecular weight is 399 g/mol. The van der Waals surface area contributed by atoms with Crippen LogP contribution in [0.5, 0.6) is 0 Å². The Morgan fingerprint density at radius 2 is 1.57 bits per heavy atom. The van der Waals surface area contributed by atoms with Crippen molar-refractivity contribution in [3.05, 3.63) is 83.3 Å². The number of nitrogens with zero attached hydrogens (tertiary/aromatic N) is 4. The molecule has 152 valence electrons. The number of aromatic nitrogens is 2. The van der Waals surface area contributed by atoms with E-state index in [1.807, 2.05) is 24.4 Å². The lowest BCUT2D eigenvalue weighted by molar-refractivity contribution is 0.0965. The van der Waals surface area contributed by atoms with Crippen LogP contribution in [-0.2, 0) is 19.6 Å². The van der Waals surface area contributed by atoms with Crippen molar-refractivity contribution in [2.24, 2.45) is 0 Å². The molecule has 1 aromatic carbocycles. The standard InChI is InChI=1S/C24H25N5O/c30-24-22-3-1-18(13-21(22)15-27-24)16-28-9-11-29(12-10-28)17-19-2-4-23(26-14-19)20-5-7-25-8-6-20/h1-8,13-14H,9-12,15-17H2,(H,27,30). The fraction of sp³-hybridized carbons (Fsp3) is 0.292. The number of pyridine rings is 2. The van der Waals surface area contributed by atoms with Crippen molar-refractivity contribution >= 4 is 5.91 Å². The second-order valence-corrected chi connectivity index (χ2v) is 8.01. The Hall–Kier alpha value is -3.09. The summed E-state index contributed by atoms with van der Waals surface area (Å²) in [6, 6.07) is 14.5. The Labute approximate surface area is 176 Å². The highest BCUT2D eigenvalue weighted by Gasteiger charge is 2.21. The molecule has 0 radical (unpaired) electrons. The summed E-state index contributed by atoms with van der Waals surface area (Å²) in [5.74, 6) is 0.0495. The fourth-order valence-electron chi connectivity index (χ4n) is 4.22. The van der Waals surface area contributed by atoms with Gasteiger partial charge in [-0.1, -0.05) is 18.2 Å². The van der Waals surface area contributed by atoms with E-state index in [0.717, 1.165) is 61.7 Å². The van der Waals surface area contributed by atoms with Gasteiger partial charge in [0.1, 0.15) is 0 Å². The number of hydrogen-bond donors (Lipinski definition) is 1. The zero-order chi connectivity index (χ0) is 20.3. The molecule has 1 amide bonds. The molecule has 0 atom stereocenters. The van der Waals surface area contributed by atoms with E-state index >= 15 is 0 Å². The van der Waals surface area contributed by atoms with Gasteiger partial charge in [0.15, 0.2) is 0 Å². The maximum Gasteiger partial charge on any atom is 0.251 e. The van der Waals surface area contributed by atoms with Crippen molar-refractivity contribution in [3.63, 3.8) is 0 Å². The van der Waals surface area contributed by atoms with E-state index in [9.17, 15) is 4.79 Å². The van der Waals surface area contributed by atoms with Gasteiger partial charge in [-0.25, -0.2) is 0 Å². The van der Waals surface area contributed by atoms with E-state index in [-0.39, 0.29) is 5.91 Å². The second kappa shape index (κ2) is 8.34. The van der Waals surface area contributed by atoms with Gasteiger partial charge in [-0.15, -0.1) is 0 Å². The van der Waals surface area contributed by atoms with Crippen LogP contribution < -0.4 is 5.32 Å². The Morgan fingerprint density at radius 3 is 2.27 bits per heavy atom. The third-order valence-electron chi connectivity index (χ3n) is 5.93. The van der Waals surface area contributed by atoms with Gasteiger partial charge in [0.25, 0.3) is 5.91 Å². The molecule has 0 aliphatic carbocycles. The molecular formula is C24H25N5O. The Balaban J connectivity index is 1.13. The number of carbonyl (C=O) groups excluding carboxylic acids is 1. The molecule has 4 heterocycles. The predicted octanol–water partition coefficient (Wildman–Crippen LogP) is 2.70. The molecule has 0 unspecified atom stereocenters. The third kappa shape index (κ3) is 4.10. The van der Waals surface area contributed by atoms with Gasteiger partial charge < -0.3 is 5.32 Å². The first-order valence-electron chi connectivity index (χ1n) is 10.4. The van der Waals surface area contributed by atoms with Gasteiger partial charge in [0, 0.05) is 75.5 Å². The van der Waals surface area contributed by atoms with Crippen LogP contribution in [0.4, 0.5) is 0 Å². The van der Waals surface area contributed by atoms with E-state index < -0.39 is 0 Å². The lowest BCUT2D eigenvalue weighted by Crippen LogP contribution is -2.45. The van der Waals surface area contributed by atoms with Crippen molar-refractivity contribution in [1.29, 1.82) is 0 Å². The third-order valence-corrected chi connectivity index (χ3v) is 5.93. The quantitative estimate of drug-likeness (QED) is 0.715. The minimum absolute atomic E-state index is 0.0495. The minimum Gasteiger partial charge on any atom is -0.348 e. The largest absolute Gasteiger partial charge is 0.348 e. The number of nitrogens with one attached hydrogen (secondary N) is 1. The average Bonchev–Trinajstić information content (AvgIpc) is 3.16. The van der Waals surface area contributed by atoms with Crippen molar-refractivity contribution in [1.82, 2.24) is 25.1 Å². The molecule has 1 fully saturated rings. The lowest BCUT2D eigenvalue weighted by Gasteiger charge is -2.34. The van der Waals surface area contributed by atoms with Gasteiger partial charge in [0.2, 0.25) is 0 Å². The summed E-state index contributed by atoms with van der Waals surface area (Å²) in [7, 11) is 0. The van der Waals surface area contributed by atoms with E-state index in [1.165, 1.54) is 11.1 Å². The molecule has 2 aliphatic heterocycles. The van der Waals surface area contributed by atoms with Gasteiger partial charge >= 0.3 is 0 Å². The van der Waals surface area contributed by atoms with Crippen molar-refractivity contribution in [2.75, 3.05) is 26.2 Å². The Kier molecular flexibility index (Phi) is 5.26. The van der Waals surface area contributed by atoms with Crippen molar-refractivity contribution < 1.29 is 4.79 Å². The highest BCUT2D eigenvalue weighted by molar-refractivity contribution is 5.98. The molecule has 6 nitrogen and oxygen atoms in total. The molecule has 2 aromatic heterocycles. The van der Waals surface area contributed by atoms with Crippen LogP contribution >= 0.6 is 0 Å². The highest BCUT2D eigenvalue weighted by Crippen LogP contribution is 2.20. The zero-order valence-electron chi connectivity index (χ0n) is 16.9. The highest BCUT2D eigenvalue weighted by atomic mass is 16.1. The van der Waals surface area contributed by atoms with E-state index in [1.54, 1.807) is 12.4 Å². The molecular weight excluding hydrogens is 374 g/mol. The second-order valence-electron chi connectivity index (χ2n) is 8.01. The molecule has 0 saturated carbocycles. The fourth-order valence-corrected chi connectivity index (χ4v) is 4.22. The smallest absolute Gasteiger partial charge is 0.251 e. The summed E-state index contributed by atoms with van der Waals surface area (Å²) < 4.78 is 0. The molecule has 6 heteroatoms. The maximum atomic E-state index is 11.7. The molecule has 0 spiro atoms. The number of rotatable bonds is 5. The molecule has 5 rings (SSSR count). The maximum absolute atomic E-state index is 11.7. The summed E-state index contributed by atoms with van der Waals surface area (Å²) in [5, 5.41) is 2.89. The Morgan fingerprint density at radius 1 is 0.867 bits per heavy atom. The van der Waals surface area contributed by atoms with Crippen LogP contribution in [0, 0.1) is 0 Å². The van der Waals surface area contributed by atoms with Crippen LogP contribution in [0.25, 0.3) is 11.3 Å². The summed E-state index contributed by atoms with van der Waals surface area (Å²) in [6.45, 7) is 6.74. The first kappa shape index (κ1) is 18.9. The topological polar surface area (TPSA) is 61.4 Å². The molecule has 0 bridgehead atoms. The minimum atomic E-state index is 0.0495. The monoisotopic (exact) mass is 399 g/mol.